The van der Waals surface area contributed by atoms with Gasteiger partial charge in [-0.15, -0.1) is 0 Å². The zero-order valence-corrected chi connectivity index (χ0v) is 19.4. The van der Waals surface area contributed by atoms with E-state index in [0.717, 1.165) is 41.2 Å². The number of aromatic nitrogens is 1. The lowest BCUT2D eigenvalue weighted by molar-refractivity contribution is -0.149. The van der Waals surface area contributed by atoms with Gasteiger partial charge in [-0.1, -0.05) is 18.2 Å². The van der Waals surface area contributed by atoms with E-state index in [0.29, 0.717) is 25.3 Å². The quantitative estimate of drug-likeness (QED) is 0.507. The second-order valence-electron chi connectivity index (χ2n) is 8.27. The fraction of sp³-hybridized carbons (Fsp3) is 0.333. The molecule has 0 aliphatic carbocycles. The molecule has 1 unspecified atom stereocenters. The number of piperidine rings is 1. The molecule has 0 bridgehead atoms. The molecule has 0 spiro atoms. The van der Waals surface area contributed by atoms with Gasteiger partial charge in [-0.25, -0.2) is 0 Å². The smallest absolute Gasteiger partial charge is 0.310 e. The summed E-state index contributed by atoms with van der Waals surface area (Å²) in [5, 5.41) is 0. The van der Waals surface area contributed by atoms with Gasteiger partial charge in [0.15, 0.2) is 0 Å². The highest BCUT2D eigenvalue weighted by atomic mass is 16.5. The summed E-state index contributed by atoms with van der Waals surface area (Å²) in [5.41, 5.74) is 4.43. The van der Waals surface area contributed by atoms with Crippen LogP contribution in [0, 0.1) is 12.8 Å². The number of carbonyl (C=O) groups is 2. The van der Waals surface area contributed by atoms with Crippen molar-refractivity contribution in [3.63, 3.8) is 0 Å². The third-order valence-electron chi connectivity index (χ3n) is 6.21. The number of nitrogens with zero attached hydrogens (tertiary/aromatic N) is 2. The van der Waals surface area contributed by atoms with E-state index in [9.17, 15) is 9.59 Å². The highest BCUT2D eigenvalue weighted by Gasteiger charge is 2.31. The average molecular weight is 447 g/mol. The van der Waals surface area contributed by atoms with Crippen molar-refractivity contribution >= 4 is 11.9 Å². The first kappa shape index (κ1) is 22.6. The molecule has 1 amide bonds. The van der Waals surface area contributed by atoms with Crippen molar-refractivity contribution in [3.8, 4) is 22.7 Å². The van der Waals surface area contributed by atoms with Crippen LogP contribution in [0.25, 0.3) is 16.9 Å². The molecular formula is C27H30N2O4. The van der Waals surface area contributed by atoms with Gasteiger partial charge in [0.25, 0.3) is 5.91 Å². The summed E-state index contributed by atoms with van der Waals surface area (Å²) in [4.78, 5) is 27.7. The van der Waals surface area contributed by atoms with Gasteiger partial charge in [0, 0.05) is 24.5 Å². The Labute approximate surface area is 194 Å². The Morgan fingerprint density at radius 1 is 1.06 bits per heavy atom. The topological polar surface area (TPSA) is 60.8 Å². The van der Waals surface area contributed by atoms with Crippen molar-refractivity contribution in [2.24, 2.45) is 5.92 Å². The second-order valence-corrected chi connectivity index (χ2v) is 8.27. The summed E-state index contributed by atoms with van der Waals surface area (Å²) < 4.78 is 12.6. The molecule has 1 aromatic heterocycles. The minimum Gasteiger partial charge on any atom is -0.497 e. The molecule has 6 heteroatoms. The van der Waals surface area contributed by atoms with Crippen molar-refractivity contribution in [3.05, 3.63) is 71.9 Å². The fourth-order valence-corrected chi connectivity index (χ4v) is 4.49. The maximum absolute atomic E-state index is 13.6. The number of likely N-dealkylation sites (tertiary alicyclic amines) is 1. The number of rotatable bonds is 6. The molecular weight excluding hydrogens is 416 g/mol. The molecule has 4 rings (SSSR count). The normalized spacial score (nSPS) is 15.8. The molecule has 172 valence electrons. The van der Waals surface area contributed by atoms with Crippen LogP contribution in [0.15, 0.2) is 60.7 Å². The van der Waals surface area contributed by atoms with Gasteiger partial charge in [0.2, 0.25) is 0 Å². The van der Waals surface area contributed by atoms with Crippen LogP contribution < -0.4 is 4.74 Å². The van der Waals surface area contributed by atoms with Crippen molar-refractivity contribution < 1.29 is 19.1 Å². The van der Waals surface area contributed by atoms with Crippen LogP contribution >= 0.6 is 0 Å². The van der Waals surface area contributed by atoms with Crippen LogP contribution in [0.1, 0.15) is 35.8 Å². The van der Waals surface area contributed by atoms with E-state index in [-0.39, 0.29) is 17.8 Å². The predicted molar refractivity (Wildman–Crippen MR) is 128 cm³/mol. The highest BCUT2D eigenvalue weighted by molar-refractivity contribution is 5.97. The van der Waals surface area contributed by atoms with E-state index >= 15 is 0 Å². The molecule has 1 saturated heterocycles. The summed E-state index contributed by atoms with van der Waals surface area (Å²) in [7, 11) is 1.64. The summed E-state index contributed by atoms with van der Waals surface area (Å²) in [5.74, 6) is 0.251. The molecule has 2 heterocycles. The Balaban J connectivity index is 1.72. The molecule has 6 nitrogen and oxygen atoms in total. The Morgan fingerprint density at radius 2 is 1.79 bits per heavy atom. The van der Waals surface area contributed by atoms with Crippen LogP contribution in [0.5, 0.6) is 5.75 Å². The lowest BCUT2D eigenvalue weighted by Crippen LogP contribution is -2.43. The molecule has 0 saturated carbocycles. The van der Waals surface area contributed by atoms with E-state index < -0.39 is 0 Å². The highest BCUT2D eigenvalue weighted by Crippen LogP contribution is 2.32. The number of benzene rings is 2. The van der Waals surface area contributed by atoms with Crippen molar-refractivity contribution in [2.75, 3.05) is 26.8 Å². The molecule has 3 aromatic rings. The Morgan fingerprint density at radius 3 is 2.45 bits per heavy atom. The first-order valence-electron chi connectivity index (χ1n) is 11.4. The Hall–Kier alpha value is -3.54. The number of esters is 1. The van der Waals surface area contributed by atoms with Crippen LogP contribution in [-0.2, 0) is 9.53 Å². The first-order valence-corrected chi connectivity index (χ1v) is 11.4. The number of carbonyl (C=O) groups excluding carboxylic acids is 2. The summed E-state index contributed by atoms with van der Waals surface area (Å²) >= 11 is 0. The largest absolute Gasteiger partial charge is 0.497 e. The van der Waals surface area contributed by atoms with Gasteiger partial charge < -0.3 is 18.9 Å². The van der Waals surface area contributed by atoms with Gasteiger partial charge in [0.1, 0.15) is 5.75 Å². The summed E-state index contributed by atoms with van der Waals surface area (Å²) in [6.07, 6.45) is 1.54. The molecule has 33 heavy (non-hydrogen) atoms. The molecule has 1 aliphatic heterocycles. The van der Waals surface area contributed by atoms with Crippen LogP contribution in [0.3, 0.4) is 0 Å². The first-order chi connectivity index (χ1) is 16.0. The Bertz CT molecular complexity index is 1120. The number of amides is 1. The number of para-hydroxylation sites is 1. The van der Waals surface area contributed by atoms with Crippen molar-refractivity contribution in [1.29, 1.82) is 0 Å². The van der Waals surface area contributed by atoms with E-state index in [4.69, 9.17) is 9.47 Å². The minimum atomic E-state index is -0.264. The molecule has 0 N–H and O–H groups in total. The van der Waals surface area contributed by atoms with Crippen LogP contribution in [-0.4, -0.2) is 48.1 Å². The number of hydrogen-bond donors (Lipinski definition) is 0. The molecule has 2 aromatic carbocycles. The zero-order valence-electron chi connectivity index (χ0n) is 19.4. The van der Waals surface area contributed by atoms with E-state index in [1.807, 2.05) is 67.6 Å². The van der Waals surface area contributed by atoms with E-state index in [2.05, 4.69) is 4.57 Å². The summed E-state index contributed by atoms with van der Waals surface area (Å²) in [6, 6.07) is 19.8. The van der Waals surface area contributed by atoms with Gasteiger partial charge in [-0.2, -0.15) is 0 Å². The van der Waals surface area contributed by atoms with Crippen LogP contribution in [0.4, 0.5) is 0 Å². The van der Waals surface area contributed by atoms with Gasteiger partial charge in [-0.05, 0) is 74.7 Å². The molecule has 1 fully saturated rings. The molecule has 1 aliphatic rings. The lowest BCUT2D eigenvalue weighted by Gasteiger charge is -2.31. The predicted octanol–water partition coefficient (Wildman–Crippen LogP) is 4.88. The van der Waals surface area contributed by atoms with Gasteiger partial charge in [-0.3, -0.25) is 9.59 Å². The average Bonchev–Trinajstić information content (AvgIpc) is 3.21. The summed E-state index contributed by atoms with van der Waals surface area (Å²) in [6.45, 7) is 5.17. The second kappa shape index (κ2) is 9.94. The van der Waals surface area contributed by atoms with Crippen molar-refractivity contribution in [1.82, 2.24) is 9.47 Å². The standard InChI is InChI=1S/C27H30N2O4/c1-4-33-27(31)21-9-8-16-28(18-21)26(30)24-17-25(20-12-14-23(32-3)15-13-20)29(19(24)2)22-10-6-5-7-11-22/h5-7,10-15,17,21H,4,8-9,16,18H2,1-3H3. The molecule has 0 radical (unpaired) electrons. The Kier molecular flexibility index (Phi) is 6.82. The minimum absolute atomic E-state index is 0.0501. The lowest BCUT2D eigenvalue weighted by atomic mass is 9.97. The van der Waals surface area contributed by atoms with E-state index in [1.165, 1.54) is 0 Å². The fourth-order valence-electron chi connectivity index (χ4n) is 4.49. The monoisotopic (exact) mass is 446 g/mol. The van der Waals surface area contributed by atoms with Crippen LogP contribution in [0.2, 0.25) is 0 Å². The third kappa shape index (κ3) is 4.65. The van der Waals surface area contributed by atoms with Gasteiger partial charge in [0.05, 0.1) is 30.9 Å². The van der Waals surface area contributed by atoms with E-state index in [1.54, 1.807) is 18.9 Å². The maximum atomic E-state index is 13.6. The van der Waals surface area contributed by atoms with Gasteiger partial charge >= 0.3 is 5.97 Å². The van der Waals surface area contributed by atoms with Crippen molar-refractivity contribution in [2.45, 2.75) is 26.7 Å². The third-order valence-corrected chi connectivity index (χ3v) is 6.21. The SMILES string of the molecule is CCOC(=O)C1CCCN(C(=O)c2cc(-c3ccc(OC)cc3)n(-c3ccccc3)c2C)C1. The molecule has 1 atom stereocenters. The zero-order chi connectivity index (χ0) is 23.4. The number of methoxy groups -OCH3 is 1. The number of hydrogen-bond acceptors (Lipinski definition) is 4. The number of ether oxygens (including phenoxy) is 2. The maximum Gasteiger partial charge on any atom is 0.310 e.